The maximum absolute atomic E-state index is 13.4. The first-order chi connectivity index (χ1) is 20.2. The fourth-order valence-electron chi connectivity index (χ4n) is 3.77. The number of amides is 2. The van der Waals surface area contributed by atoms with Crippen LogP contribution in [-0.4, -0.2) is 39.6 Å². The number of carbonyl (C=O) groups excluding carboxylic acids is 2. The predicted octanol–water partition coefficient (Wildman–Crippen LogP) is 4.69. The Morgan fingerprint density at radius 1 is 0.905 bits per heavy atom. The highest BCUT2D eigenvalue weighted by molar-refractivity contribution is 7.92. The molecule has 216 valence electrons. The lowest BCUT2D eigenvalue weighted by Gasteiger charge is -2.24. The van der Waals surface area contributed by atoms with Crippen LogP contribution < -0.4 is 19.8 Å². The third-order valence-electron chi connectivity index (χ3n) is 5.98. The molecule has 11 heteroatoms. The minimum absolute atomic E-state index is 0.0420. The van der Waals surface area contributed by atoms with Crippen molar-refractivity contribution in [2.75, 3.05) is 17.5 Å². The van der Waals surface area contributed by atoms with Crippen LogP contribution in [0.3, 0.4) is 0 Å². The van der Waals surface area contributed by atoms with Gasteiger partial charge in [-0.15, -0.1) is 0 Å². The van der Waals surface area contributed by atoms with E-state index in [2.05, 4.69) is 15.8 Å². The van der Waals surface area contributed by atoms with E-state index in [-0.39, 0.29) is 23.1 Å². The number of anilines is 1. The highest BCUT2D eigenvalue weighted by Crippen LogP contribution is 2.26. The van der Waals surface area contributed by atoms with E-state index >= 15 is 0 Å². The van der Waals surface area contributed by atoms with Crippen LogP contribution in [0.15, 0.2) is 113 Å². The van der Waals surface area contributed by atoms with Crippen molar-refractivity contribution in [2.24, 2.45) is 5.10 Å². The Hall–Kier alpha value is -4.67. The summed E-state index contributed by atoms with van der Waals surface area (Å²) in [6, 6.07) is 28.9. The molecule has 0 radical (unpaired) electrons. The normalized spacial score (nSPS) is 11.2. The molecule has 0 aliphatic carbocycles. The van der Waals surface area contributed by atoms with Crippen molar-refractivity contribution < 1.29 is 22.7 Å². The quantitative estimate of drug-likeness (QED) is 0.180. The van der Waals surface area contributed by atoms with Crippen LogP contribution in [0, 0.1) is 6.92 Å². The first-order valence-electron chi connectivity index (χ1n) is 12.9. The molecule has 0 aliphatic rings. The lowest BCUT2D eigenvalue weighted by molar-refractivity contribution is -0.123. The van der Waals surface area contributed by atoms with Gasteiger partial charge in [0, 0.05) is 11.6 Å². The second kappa shape index (κ2) is 14.3. The van der Waals surface area contributed by atoms with Gasteiger partial charge in [-0.3, -0.25) is 13.9 Å². The summed E-state index contributed by atoms with van der Waals surface area (Å²) in [6.45, 7) is 1.61. The van der Waals surface area contributed by atoms with Crippen molar-refractivity contribution in [3.05, 3.63) is 125 Å². The Morgan fingerprint density at radius 3 is 2.31 bits per heavy atom. The number of aryl methyl sites for hydroxylation is 1. The number of sulfonamides is 1. The molecule has 0 heterocycles. The maximum Gasteiger partial charge on any atom is 0.264 e. The number of rotatable bonds is 12. The first-order valence-corrected chi connectivity index (χ1v) is 14.7. The van der Waals surface area contributed by atoms with Gasteiger partial charge in [0.2, 0.25) is 0 Å². The van der Waals surface area contributed by atoms with Crippen molar-refractivity contribution in [3.8, 4) is 5.75 Å². The average Bonchev–Trinajstić information content (AvgIpc) is 2.99. The molecule has 0 aromatic heterocycles. The smallest absolute Gasteiger partial charge is 0.264 e. The average molecular weight is 605 g/mol. The van der Waals surface area contributed by atoms with Gasteiger partial charge >= 0.3 is 0 Å². The Morgan fingerprint density at radius 2 is 1.62 bits per heavy atom. The minimum Gasteiger partial charge on any atom is -0.484 e. The number of ether oxygens (including phenoxy) is 1. The summed E-state index contributed by atoms with van der Waals surface area (Å²) in [5.41, 5.74) is 5.15. The Kier molecular flexibility index (Phi) is 10.3. The van der Waals surface area contributed by atoms with Gasteiger partial charge in [-0.25, -0.2) is 13.8 Å². The molecule has 0 aliphatic heterocycles. The second-order valence-electron chi connectivity index (χ2n) is 9.22. The van der Waals surface area contributed by atoms with Crippen molar-refractivity contribution >= 4 is 45.3 Å². The molecule has 4 rings (SSSR count). The SMILES string of the molecule is Cc1ccc(S(=O)(=O)N(CC(=O)N/N=C\c2ccc(OCC(=O)NCc3ccccc3)cc2)c2cccc(Cl)c2)cc1. The Labute approximate surface area is 249 Å². The molecule has 2 amide bonds. The molecule has 0 saturated carbocycles. The molecule has 9 nitrogen and oxygen atoms in total. The van der Waals surface area contributed by atoms with Crippen LogP contribution in [0.5, 0.6) is 5.75 Å². The highest BCUT2D eigenvalue weighted by atomic mass is 35.5. The molecule has 4 aromatic carbocycles. The summed E-state index contributed by atoms with van der Waals surface area (Å²) < 4.78 is 33.4. The van der Waals surface area contributed by atoms with Gasteiger partial charge in [0.05, 0.1) is 16.8 Å². The maximum atomic E-state index is 13.4. The molecular formula is C31H29ClN4O5S. The molecule has 0 bridgehead atoms. The number of nitrogens with one attached hydrogen (secondary N) is 2. The number of carbonyl (C=O) groups is 2. The molecular weight excluding hydrogens is 576 g/mol. The topological polar surface area (TPSA) is 117 Å². The minimum atomic E-state index is -4.07. The number of hydrogen-bond acceptors (Lipinski definition) is 6. The number of hydrogen-bond donors (Lipinski definition) is 2. The molecule has 2 N–H and O–H groups in total. The number of nitrogens with zero attached hydrogens (tertiary/aromatic N) is 2. The van der Waals surface area contributed by atoms with E-state index in [1.807, 2.05) is 37.3 Å². The van der Waals surface area contributed by atoms with Gasteiger partial charge in [-0.2, -0.15) is 5.10 Å². The van der Waals surface area contributed by atoms with E-state index in [0.717, 1.165) is 15.4 Å². The summed E-state index contributed by atoms with van der Waals surface area (Å²) in [4.78, 5) is 24.9. The lowest BCUT2D eigenvalue weighted by Crippen LogP contribution is -2.39. The Balaban J connectivity index is 1.33. The standard InChI is InChI=1S/C31H29ClN4O5S/c1-23-10-16-29(17-11-23)42(39,40)36(27-9-5-8-26(32)18-27)21-30(37)35-34-20-25-12-14-28(15-13-25)41-22-31(38)33-19-24-6-3-2-4-7-24/h2-18,20H,19,21-22H2,1H3,(H,33,38)(H,35,37)/b34-20-. The molecule has 0 spiro atoms. The van der Waals surface area contributed by atoms with Gasteiger partial charge in [0.15, 0.2) is 6.61 Å². The fraction of sp³-hybridized carbons (Fsp3) is 0.129. The molecule has 0 unspecified atom stereocenters. The third kappa shape index (κ3) is 8.66. The van der Waals surface area contributed by atoms with Crippen molar-refractivity contribution in [3.63, 3.8) is 0 Å². The Bertz CT molecular complexity index is 1650. The van der Waals surface area contributed by atoms with Crippen LogP contribution in [0.4, 0.5) is 5.69 Å². The number of halogens is 1. The number of benzene rings is 4. The van der Waals surface area contributed by atoms with Crippen LogP contribution in [0.2, 0.25) is 5.02 Å². The van der Waals surface area contributed by atoms with Crippen LogP contribution in [0.25, 0.3) is 0 Å². The van der Waals surface area contributed by atoms with Crippen molar-refractivity contribution in [1.82, 2.24) is 10.7 Å². The van der Waals surface area contributed by atoms with Gasteiger partial charge in [-0.05, 0) is 72.6 Å². The zero-order chi connectivity index (χ0) is 30.0. The predicted molar refractivity (Wildman–Crippen MR) is 163 cm³/mol. The van der Waals surface area contributed by atoms with Gasteiger partial charge in [-0.1, -0.05) is 65.7 Å². The first kappa shape index (κ1) is 30.3. The third-order valence-corrected chi connectivity index (χ3v) is 8.00. The summed E-state index contributed by atoms with van der Waals surface area (Å²) in [5, 5.41) is 7.07. The molecule has 42 heavy (non-hydrogen) atoms. The zero-order valence-electron chi connectivity index (χ0n) is 22.7. The summed E-state index contributed by atoms with van der Waals surface area (Å²) in [5.74, 6) is -0.406. The van der Waals surface area contributed by atoms with Gasteiger partial charge < -0.3 is 10.1 Å². The van der Waals surface area contributed by atoms with Crippen molar-refractivity contribution in [1.29, 1.82) is 0 Å². The summed E-state index contributed by atoms with van der Waals surface area (Å²) in [6.07, 6.45) is 1.41. The molecule has 4 aromatic rings. The van der Waals surface area contributed by atoms with Crippen molar-refractivity contribution in [2.45, 2.75) is 18.4 Å². The summed E-state index contributed by atoms with van der Waals surface area (Å²) in [7, 11) is -4.07. The van der Waals surface area contributed by atoms with E-state index in [4.69, 9.17) is 16.3 Å². The van der Waals surface area contributed by atoms with E-state index in [9.17, 15) is 18.0 Å². The van der Waals surface area contributed by atoms with Crippen LogP contribution >= 0.6 is 11.6 Å². The number of hydrazone groups is 1. The van der Waals surface area contributed by atoms with Crippen LogP contribution in [0.1, 0.15) is 16.7 Å². The molecule has 0 atom stereocenters. The molecule has 0 saturated heterocycles. The summed E-state index contributed by atoms with van der Waals surface area (Å²) >= 11 is 6.10. The lowest BCUT2D eigenvalue weighted by atomic mass is 10.2. The van der Waals surface area contributed by atoms with E-state index < -0.39 is 22.5 Å². The van der Waals surface area contributed by atoms with Crippen LogP contribution in [-0.2, 0) is 26.2 Å². The highest BCUT2D eigenvalue weighted by Gasteiger charge is 2.27. The zero-order valence-corrected chi connectivity index (χ0v) is 24.3. The van der Waals surface area contributed by atoms with E-state index in [0.29, 0.717) is 22.9 Å². The fourth-order valence-corrected chi connectivity index (χ4v) is 5.37. The van der Waals surface area contributed by atoms with E-state index in [1.165, 1.54) is 24.4 Å². The molecule has 0 fully saturated rings. The van der Waals surface area contributed by atoms with E-state index in [1.54, 1.807) is 54.6 Å². The monoisotopic (exact) mass is 604 g/mol. The van der Waals surface area contributed by atoms with Gasteiger partial charge in [0.1, 0.15) is 12.3 Å². The van der Waals surface area contributed by atoms with Gasteiger partial charge in [0.25, 0.3) is 21.8 Å². The largest absolute Gasteiger partial charge is 0.484 e. The second-order valence-corrected chi connectivity index (χ2v) is 11.5.